The van der Waals surface area contributed by atoms with Gasteiger partial charge in [-0.2, -0.15) is 0 Å². The molecule has 2 amide bonds. The Labute approximate surface area is 225 Å². The lowest BCUT2D eigenvalue weighted by molar-refractivity contribution is -0.139. The zero-order valence-corrected chi connectivity index (χ0v) is 22.8. The molecule has 2 aromatic carbocycles. The topological polar surface area (TPSA) is 49.4 Å². The van der Waals surface area contributed by atoms with E-state index in [1.165, 1.54) is 18.2 Å². The number of carbonyl (C=O) groups excluding carboxylic acids is 2. The second-order valence-electron chi connectivity index (χ2n) is 8.48. The number of benzene rings is 2. The average Bonchev–Trinajstić information content (AvgIpc) is 2.81. The molecule has 2 aromatic rings. The number of hydrogen-bond donors (Lipinski definition) is 1. The molecule has 4 nitrogen and oxygen atoms in total. The Morgan fingerprint density at radius 1 is 1.00 bits per heavy atom. The monoisotopic (exact) mass is 560 g/mol. The van der Waals surface area contributed by atoms with E-state index in [4.69, 9.17) is 46.4 Å². The number of rotatable bonds is 9. The fraction of sp³-hybridized carbons (Fsp3) is 0.440. The van der Waals surface area contributed by atoms with Crippen LogP contribution in [-0.4, -0.2) is 34.6 Å². The molecule has 0 spiro atoms. The molecule has 184 valence electrons. The van der Waals surface area contributed by atoms with E-state index in [0.717, 1.165) is 36.8 Å². The average molecular weight is 562 g/mol. The SMILES string of the molecule is C[C@@H](C(=O)NC1CCCCC1)N(Cc1ccc(Cl)c(Cl)c1)C(=O)CSCc1c(Cl)cccc1Cl. The van der Waals surface area contributed by atoms with E-state index in [1.54, 1.807) is 42.2 Å². The molecule has 3 rings (SSSR count). The van der Waals surface area contributed by atoms with Crippen molar-refractivity contribution in [1.29, 1.82) is 0 Å². The van der Waals surface area contributed by atoms with Gasteiger partial charge in [-0.3, -0.25) is 9.59 Å². The zero-order valence-electron chi connectivity index (χ0n) is 19.0. The first kappa shape index (κ1) is 27.5. The van der Waals surface area contributed by atoms with Crippen molar-refractivity contribution in [3.8, 4) is 0 Å². The maximum Gasteiger partial charge on any atom is 0.242 e. The molecule has 0 heterocycles. The van der Waals surface area contributed by atoms with Gasteiger partial charge in [0.15, 0.2) is 0 Å². The molecule has 0 radical (unpaired) electrons. The summed E-state index contributed by atoms with van der Waals surface area (Å²) in [5.41, 5.74) is 1.60. The van der Waals surface area contributed by atoms with Gasteiger partial charge in [0.05, 0.1) is 15.8 Å². The van der Waals surface area contributed by atoms with Crippen LogP contribution in [0.4, 0.5) is 0 Å². The quantitative estimate of drug-likeness (QED) is 0.347. The molecule has 0 bridgehead atoms. The molecular weight excluding hydrogens is 534 g/mol. The van der Waals surface area contributed by atoms with Gasteiger partial charge >= 0.3 is 0 Å². The number of nitrogens with one attached hydrogen (secondary N) is 1. The van der Waals surface area contributed by atoms with Crippen LogP contribution < -0.4 is 5.32 Å². The highest BCUT2D eigenvalue weighted by atomic mass is 35.5. The van der Waals surface area contributed by atoms with Gasteiger partial charge in [-0.25, -0.2) is 0 Å². The first-order valence-corrected chi connectivity index (χ1v) is 14.0. The van der Waals surface area contributed by atoms with Gasteiger partial charge in [0.1, 0.15) is 6.04 Å². The molecule has 1 aliphatic rings. The molecular formula is C25H28Cl4N2O2S. The second-order valence-corrected chi connectivity index (χ2v) is 11.1. The predicted octanol–water partition coefficient (Wildman–Crippen LogP) is 7.40. The molecule has 0 aromatic heterocycles. The van der Waals surface area contributed by atoms with Crippen molar-refractivity contribution in [3.63, 3.8) is 0 Å². The van der Waals surface area contributed by atoms with Gasteiger partial charge in [-0.05, 0) is 55.2 Å². The van der Waals surface area contributed by atoms with Gasteiger partial charge in [0.25, 0.3) is 0 Å². The summed E-state index contributed by atoms with van der Waals surface area (Å²) < 4.78 is 0. The second kappa shape index (κ2) is 13.3. The highest BCUT2D eigenvalue weighted by Gasteiger charge is 2.28. The van der Waals surface area contributed by atoms with Crippen molar-refractivity contribution in [1.82, 2.24) is 10.2 Å². The Kier molecular flexibility index (Phi) is 10.7. The minimum Gasteiger partial charge on any atom is -0.352 e. The van der Waals surface area contributed by atoms with Crippen LogP contribution >= 0.6 is 58.2 Å². The highest BCUT2D eigenvalue weighted by Crippen LogP contribution is 2.29. The molecule has 1 fully saturated rings. The van der Waals surface area contributed by atoms with Crippen LogP contribution in [0.25, 0.3) is 0 Å². The van der Waals surface area contributed by atoms with Crippen LogP contribution in [0.15, 0.2) is 36.4 Å². The summed E-state index contributed by atoms with van der Waals surface area (Å²) >= 11 is 26.2. The third kappa shape index (κ3) is 7.69. The lowest BCUT2D eigenvalue weighted by Crippen LogP contribution is -2.50. The molecule has 1 saturated carbocycles. The number of thioether (sulfide) groups is 1. The van der Waals surface area contributed by atoms with Crippen LogP contribution in [-0.2, 0) is 21.9 Å². The molecule has 1 atom stereocenters. The van der Waals surface area contributed by atoms with Crippen LogP contribution in [0.5, 0.6) is 0 Å². The Balaban J connectivity index is 1.70. The van der Waals surface area contributed by atoms with Crippen molar-refractivity contribution in [2.45, 2.75) is 63.4 Å². The minimum absolute atomic E-state index is 0.139. The van der Waals surface area contributed by atoms with Gasteiger partial charge in [-0.15, -0.1) is 11.8 Å². The van der Waals surface area contributed by atoms with E-state index in [-0.39, 0.29) is 30.2 Å². The van der Waals surface area contributed by atoms with Crippen molar-refractivity contribution in [3.05, 3.63) is 67.6 Å². The Morgan fingerprint density at radius 3 is 2.32 bits per heavy atom. The van der Waals surface area contributed by atoms with Crippen LogP contribution in [0.3, 0.4) is 0 Å². The van der Waals surface area contributed by atoms with Gasteiger partial charge in [0, 0.05) is 28.4 Å². The zero-order chi connectivity index (χ0) is 24.7. The fourth-order valence-corrected chi connectivity index (χ4v) is 5.95. The van der Waals surface area contributed by atoms with E-state index in [2.05, 4.69) is 5.32 Å². The lowest BCUT2D eigenvalue weighted by atomic mass is 9.95. The van der Waals surface area contributed by atoms with Gasteiger partial charge in [0.2, 0.25) is 11.8 Å². The summed E-state index contributed by atoms with van der Waals surface area (Å²) in [4.78, 5) is 28.0. The first-order chi connectivity index (χ1) is 16.3. The van der Waals surface area contributed by atoms with Crippen molar-refractivity contribution in [2.75, 3.05) is 5.75 Å². The summed E-state index contributed by atoms with van der Waals surface area (Å²) in [5.74, 6) is 0.391. The fourth-order valence-electron chi connectivity index (χ4n) is 3.98. The predicted molar refractivity (Wildman–Crippen MR) is 144 cm³/mol. The van der Waals surface area contributed by atoms with Crippen LogP contribution in [0.1, 0.15) is 50.2 Å². The number of hydrogen-bond acceptors (Lipinski definition) is 3. The van der Waals surface area contributed by atoms with E-state index in [1.807, 2.05) is 6.07 Å². The van der Waals surface area contributed by atoms with Crippen molar-refractivity contribution >= 4 is 70.0 Å². The number of halogens is 4. The van der Waals surface area contributed by atoms with Gasteiger partial charge in [-0.1, -0.05) is 77.8 Å². The smallest absolute Gasteiger partial charge is 0.242 e. The van der Waals surface area contributed by atoms with E-state index in [9.17, 15) is 9.59 Å². The van der Waals surface area contributed by atoms with Crippen LogP contribution in [0.2, 0.25) is 20.1 Å². The first-order valence-electron chi connectivity index (χ1n) is 11.3. The minimum atomic E-state index is -0.631. The molecule has 0 saturated heterocycles. The van der Waals surface area contributed by atoms with Crippen molar-refractivity contribution in [2.24, 2.45) is 0 Å². The number of amides is 2. The largest absolute Gasteiger partial charge is 0.352 e. The standard InChI is InChI=1S/C25H28Cl4N2O2S/c1-16(25(33)30-18-6-3-2-4-7-18)31(13-17-10-11-22(28)23(29)12-17)24(32)15-34-14-19-20(26)8-5-9-21(19)27/h5,8-12,16,18H,2-4,6-7,13-15H2,1H3,(H,30,33)/t16-/m0/s1. The molecule has 0 aliphatic heterocycles. The maximum atomic E-state index is 13.3. The third-order valence-corrected chi connectivity index (χ3v) is 8.38. The molecule has 1 N–H and O–H groups in total. The molecule has 0 unspecified atom stereocenters. The Hall–Kier alpha value is -1.11. The van der Waals surface area contributed by atoms with E-state index < -0.39 is 6.04 Å². The molecule has 9 heteroatoms. The summed E-state index contributed by atoms with van der Waals surface area (Å²) in [7, 11) is 0. The summed E-state index contributed by atoms with van der Waals surface area (Å²) in [5, 5.41) is 5.13. The normalized spacial score (nSPS) is 15.1. The maximum absolute atomic E-state index is 13.3. The molecule has 1 aliphatic carbocycles. The summed E-state index contributed by atoms with van der Waals surface area (Å²) in [6, 6.07) is 10.1. The Morgan fingerprint density at radius 2 is 1.68 bits per heavy atom. The molecule has 34 heavy (non-hydrogen) atoms. The van der Waals surface area contributed by atoms with E-state index in [0.29, 0.717) is 25.8 Å². The van der Waals surface area contributed by atoms with Gasteiger partial charge < -0.3 is 10.2 Å². The van der Waals surface area contributed by atoms with E-state index >= 15 is 0 Å². The Bertz CT molecular complexity index is 994. The number of nitrogens with zero attached hydrogens (tertiary/aromatic N) is 1. The lowest BCUT2D eigenvalue weighted by Gasteiger charge is -2.31. The highest BCUT2D eigenvalue weighted by molar-refractivity contribution is 7.99. The van der Waals surface area contributed by atoms with Crippen LogP contribution in [0, 0.1) is 0 Å². The summed E-state index contributed by atoms with van der Waals surface area (Å²) in [6.07, 6.45) is 5.40. The number of carbonyl (C=O) groups is 2. The van der Waals surface area contributed by atoms with Crippen molar-refractivity contribution < 1.29 is 9.59 Å². The third-order valence-electron chi connectivity index (χ3n) is 5.99. The summed E-state index contributed by atoms with van der Waals surface area (Å²) in [6.45, 7) is 2.02.